The molecule has 0 saturated heterocycles. The zero-order chi connectivity index (χ0) is 23.2. The van der Waals surface area contributed by atoms with Crippen LogP contribution < -0.4 is 10.9 Å². The molecule has 170 valence electrons. The summed E-state index contributed by atoms with van der Waals surface area (Å²) in [6.07, 6.45) is 1.42. The normalized spacial score (nSPS) is 15.8. The van der Waals surface area contributed by atoms with E-state index in [1.54, 1.807) is 24.4 Å². The Morgan fingerprint density at radius 1 is 1.24 bits per heavy atom. The van der Waals surface area contributed by atoms with Crippen LogP contribution in [0, 0.1) is 0 Å². The molecule has 1 amide bonds. The predicted octanol–water partition coefficient (Wildman–Crippen LogP) is 3.34. The number of H-pyrrole nitrogens is 1. The van der Waals surface area contributed by atoms with Crippen LogP contribution in [0.1, 0.15) is 34.6 Å². The number of hydrogen-bond acceptors (Lipinski definition) is 4. The number of alkyl halides is 2. The van der Waals surface area contributed by atoms with Crippen molar-refractivity contribution in [1.29, 1.82) is 0 Å². The van der Waals surface area contributed by atoms with Crippen LogP contribution in [0.25, 0.3) is 16.6 Å². The summed E-state index contributed by atoms with van der Waals surface area (Å²) in [4.78, 5) is 34.3. The maximum absolute atomic E-state index is 13.1. The summed E-state index contributed by atoms with van der Waals surface area (Å²) >= 11 is 0. The van der Waals surface area contributed by atoms with Crippen LogP contribution in [0.3, 0.4) is 0 Å². The second-order valence-electron chi connectivity index (χ2n) is 8.64. The average Bonchev–Trinajstić information content (AvgIpc) is 3.17. The zero-order valence-electron chi connectivity index (χ0n) is 18.0. The predicted molar refractivity (Wildman–Crippen MR) is 120 cm³/mol. The van der Waals surface area contributed by atoms with Crippen LogP contribution in [-0.2, 0) is 13.1 Å². The molecule has 1 aliphatic rings. The van der Waals surface area contributed by atoms with Crippen molar-refractivity contribution in [3.63, 3.8) is 0 Å². The van der Waals surface area contributed by atoms with E-state index in [0.717, 1.165) is 22.2 Å². The van der Waals surface area contributed by atoms with Gasteiger partial charge in [0.1, 0.15) is 11.3 Å². The molecule has 0 aliphatic heterocycles. The Morgan fingerprint density at radius 3 is 2.85 bits per heavy atom. The number of aromatic nitrogens is 3. The SMILES string of the molecule is CN(Cc1cc2ccc(CNC(=O)c3cc(=O)n4ccccc4n3)cc2[nH]1)C1CC(F)(F)C1. The lowest BCUT2D eigenvalue weighted by Crippen LogP contribution is -2.48. The molecule has 3 aromatic heterocycles. The van der Waals surface area contributed by atoms with Crippen LogP contribution in [0.4, 0.5) is 8.78 Å². The summed E-state index contributed by atoms with van der Waals surface area (Å²) in [5.41, 5.74) is 2.90. The van der Waals surface area contributed by atoms with Crippen molar-refractivity contribution in [3.05, 3.63) is 82.0 Å². The Labute approximate surface area is 188 Å². The van der Waals surface area contributed by atoms with Crippen LogP contribution in [0.5, 0.6) is 0 Å². The molecule has 2 N–H and O–H groups in total. The lowest BCUT2D eigenvalue weighted by atomic mass is 9.87. The van der Waals surface area contributed by atoms with Gasteiger partial charge in [-0.2, -0.15) is 0 Å². The van der Waals surface area contributed by atoms with E-state index in [4.69, 9.17) is 0 Å². The van der Waals surface area contributed by atoms with Gasteiger partial charge in [0.2, 0.25) is 0 Å². The smallest absolute Gasteiger partial charge is 0.270 e. The molecular formula is C24H23F2N5O2. The maximum Gasteiger partial charge on any atom is 0.270 e. The van der Waals surface area contributed by atoms with Gasteiger partial charge in [-0.05, 0) is 42.3 Å². The number of fused-ring (bicyclic) bond motifs is 2. The van der Waals surface area contributed by atoms with Crippen LogP contribution in [0.15, 0.2) is 59.5 Å². The topological polar surface area (TPSA) is 82.5 Å². The number of pyridine rings is 1. The van der Waals surface area contributed by atoms with Crippen molar-refractivity contribution in [2.45, 2.75) is 37.9 Å². The molecule has 0 spiro atoms. The van der Waals surface area contributed by atoms with Crippen LogP contribution >= 0.6 is 0 Å². The van der Waals surface area contributed by atoms with Gasteiger partial charge >= 0.3 is 0 Å². The molecule has 33 heavy (non-hydrogen) atoms. The molecule has 5 rings (SSSR count). The quantitative estimate of drug-likeness (QED) is 0.471. The van der Waals surface area contributed by atoms with Gasteiger partial charge in [-0.1, -0.05) is 18.2 Å². The first-order chi connectivity index (χ1) is 15.8. The van der Waals surface area contributed by atoms with E-state index in [1.807, 2.05) is 36.2 Å². The van der Waals surface area contributed by atoms with E-state index in [9.17, 15) is 18.4 Å². The standard InChI is InChI=1S/C24H23F2N5O2/c1-30(18-11-24(25,26)12-18)14-17-9-16-6-5-15(8-19(16)28-17)13-27-23(33)20-10-22(32)31-7-3-2-4-21(31)29-20/h2-10,18,28H,11-14H2,1H3,(H,27,33). The van der Waals surface area contributed by atoms with Gasteiger partial charge in [-0.3, -0.25) is 18.9 Å². The fraction of sp³-hybridized carbons (Fsp3) is 0.292. The van der Waals surface area contributed by atoms with E-state index in [1.165, 1.54) is 10.5 Å². The summed E-state index contributed by atoms with van der Waals surface area (Å²) in [6.45, 7) is 0.834. The van der Waals surface area contributed by atoms with Gasteiger partial charge in [-0.25, -0.2) is 13.8 Å². The number of halogens is 2. The molecule has 1 fully saturated rings. The zero-order valence-corrected chi connectivity index (χ0v) is 18.0. The number of amides is 1. The highest BCUT2D eigenvalue weighted by atomic mass is 19.3. The molecule has 1 aliphatic carbocycles. The number of carbonyl (C=O) groups is 1. The fourth-order valence-electron chi connectivity index (χ4n) is 4.21. The Morgan fingerprint density at radius 2 is 2.06 bits per heavy atom. The first-order valence-corrected chi connectivity index (χ1v) is 10.7. The second kappa shape index (κ2) is 8.08. The number of nitrogens with zero attached hydrogens (tertiary/aromatic N) is 3. The van der Waals surface area contributed by atoms with Gasteiger partial charge < -0.3 is 10.3 Å². The minimum Gasteiger partial charge on any atom is -0.357 e. The molecule has 3 heterocycles. The number of hydrogen-bond donors (Lipinski definition) is 2. The van der Waals surface area contributed by atoms with E-state index < -0.39 is 11.8 Å². The van der Waals surface area contributed by atoms with Gasteiger partial charge in [0.15, 0.2) is 0 Å². The first kappa shape index (κ1) is 21.3. The first-order valence-electron chi connectivity index (χ1n) is 10.7. The molecule has 0 bridgehead atoms. The van der Waals surface area contributed by atoms with Gasteiger partial charge in [0.05, 0.1) is 0 Å². The average molecular weight is 451 g/mol. The molecule has 1 saturated carbocycles. The van der Waals surface area contributed by atoms with Crippen LogP contribution in [0.2, 0.25) is 0 Å². The Bertz CT molecular complexity index is 1400. The molecule has 9 heteroatoms. The summed E-state index contributed by atoms with van der Waals surface area (Å²) in [6, 6.07) is 14.1. The summed E-state index contributed by atoms with van der Waals surface area (Å²) < 4.78 is 27.7. The summed E-state index contributed by atoms with van der Waals surface area (Å²) in [7, 11) is 1.86. The van der Waals surface area contributed by atoms with Crippen LogP contribution in [-0.4, -0.2) is 44.2 Å². The second-order valence-corrected chi connectivity index (χ2v) is 8.64. The molecule has 4 aromatic rings. The maximum atomic E-state index is 13.1. The van der Waals surface area contributed by atoms with E-state index in [0.29, 0.717) is 12.2 Å². The Hall–Kier alpha value is -3.59. The van der Waals surface area contributed by atoms with Crippen molar-refractivity contribution in [1.82, 2.24) is 24.6 Å². The van der Waals surface area contributed by atoms with Crippen molar-refractivity contribution in [3.8, 4) is 0 Å². The van der Waals surface area contributed by atoms with Crippen molar-refractivity contribution in [2.24, 2.45) is 0 Å². The lowest BCUT2D eigenvalue weighted by Gasteiger charge is -2.40. The molecule has 0 unspecified atom stereocenters. The van der Waals surface area contributed by atoms with E-state index in [-0.39, 0.29) is 36.7 Å². The molecular weight excluding hydrogens is 428 g/mol. The van der Waals surface area contributed by atoms with E-state index >= 15 is 0 Å². The van der Waals surface area contributed by atoms with Gasteiger partial charge in [0, 0.05) is 55.4 Å². The fourth-order valence-corrected chi connectivity index (χ4v) is 4.21. The summed E-state index contributed by atoms with van der Waals surface area (Å²) in [5.74, 6) is -2.96. The number of benzene rings is 1. The monoisotopic (exact) mass is 451 g/mol. The third kappa shape index (κ3) is 4.36. The molecule has 1 aromatic carbocycles. The minimum absolute atomic E-state index is 0.0686. The highest BCUT2D eigenvalue weighted by Gasteiger charge is 2.46. The Kier molecular flexibility index (Phi) is 5.20. The minimum atomic E-state index is -2.53. The Balaban J connectivity index is 1.25. The van der Waals surface area contributed by atoms with Gasteiger partial charge in [0.25, 0.3) is 17.4 Å². The third-order valence-corrected chi connectivity index (χ3v) is 6.11. The van der Waals surface area contributed by atoms with Gasteiger partial charge in [-0.15, -0.1) is 0 Å². The summed E-state index contributed by atoms with van der Waals surface area (Å²) in [5, 5.41) is 3.82. The highest BCUT2D eigenvalue weighted by Crippen LogP contribution is 2.40. The third-order valence-electron chi connectivity index (χ3n) is 6.11. The number of aromatic amines is 1. The lowest BCUT2D eigenvalue weighted by molar-refractivity contribution is -0.121. The number of carbonyl (C=O) groups excluding carboxylic acids is 1. The van der Waals surface area contributed by atoms with Crippen molar-refractivity contribution < 1.29 is 13.6 Å². The number of nitrogens with one attached hydrogen (secondary N) is 2. The largest absolute Gasteiger partial charge is 0.357 e. The molecule has 7 nitrogen and oxygen atoms in total. The molecule has 0 radical (unpaired) electrons. The highest BCUT2D eigenvalue weighted by molar-refractivity contribution is 5.92. The number of rotatable bonds is 6. The van der Waals surface area contributed by atoms with E-state index in [2.05, 4.69) is 15.3 Å². The van der Waals surface area contributed by atoms with Crippen molar-refractivity contribution >= 4 is 22.5 Å². The van der Waals surface area contributed by atoms with Crippen molar-refractivity contribution in [2.75, 3.05) is 7.05 Å². The molecule has 0 atom stereocenters.